The molecule has 1 atom stereocenters. The quantitative estimate of drug-likeness (QED) is 0.777. The minimum atomic E-state index is -0.564. The van der Waals surface area contributed by atoms with E-state index in [4.69, 9.17) is 9.63 Å². The largest absolute Gasteiger partial charge is 0.392 e. The maximum Gasteiger partial charge on any atom is 0.273 e. The molecule has 1 heterocycles. The number of aromatic nitrogens is 1. The fourth-order valence-corrected chi connectivity index (χ4v) is 0.999. The number of nitrogens with zero attached hydrogens (tertiary/aromatic N) is 1. The second-order valence-electron chi connectivity index (χ2n) is 3.83. The van der Waals surface area contributed by atoms with Gasteiger partial charge in [-0.25, -0.2) is 0 Å². The number of aliphatic hydroxyl groups excluding tert-OH is 1. The highest BCUT2D eigenvalue weighted by Gasteiger charge is 2.14. The molecule has 1 rings (SSSR count). The molecular weight excluding hydrogens is 196 g/mol. The van der Waals surface area contributed by atoms with Crippen LogP contribution in [0.3, 0.4) is 0 Å². The summed E-state index contributed by atoms with van der Waals surface area (Å²) in [7, 11) is 0. The van der Waals surface area contributed by atoms with E-state index in [0.717, 1.165) is 0 Å². The number of amides is 1. The molecule has 5 nitrogen and oxygen atoms in total. The summed E-state index contributed by atoms with van der Waals surface area (Å²) < 4.78 is 4.98. The van der Waals surface area contributed by atoms with Gasteiger partial charge in [0, 0.05) is 18.5 Å². The average molecular weight is 212 g/mol. The molecule has 5 heteroatoms. The molecule has 0 saturated heterocycles. The summed E-state index contributed by atoms with van der Waals surface area (Å²) in [5.74, 6) is 0.555. The Bertz CT molecular complexity index is 331. The lowest BCUT2D eigenvalue weighted by molar-refractivity contribution is 0.0915. The molecule has 0 saturated carbocycles. The average Bonchev–Trinajstić information content (AvgIpc) is 2.62. The molecule has 0 aromatic carbocycles. The van der Waals surface area contributed by atoms with Crippen LogP contribution in [0, 0.1) is 0 Å². The van der Waals surface area contributed by atoms with Gasteiger partial charge in [0.2, 0.25) is 0 Å². The molecule has 1 unspecified atom stereocenters. The van der Waals surface area contributed by atoms with Gasteiger partial charge in [0.05, 0.1) is 6.10 Å². The van der Waals surface area contributed by atoms with Crippen molar-refractivity contribution in [2.24, 2.45) is 0 Å². The van der Waals surface area contributed by atoms with Crippen LogP contribution in [0.1, 0.15) is 42.9 Å². The minimum Gasteiger partial charge on any atom is -0.392 e. The van der Waals surface area contributed by atoms with Gasteiger partial charge in [-0.3, -0.25) is 4.79 Å². The molecule has 0 bridgehead atoms. The smallest absolute Gasteiger partial charge is 0.273 e. The number of aliphatic hydroxyl groups is 1. The van der Waals surface area contributed by atoms with Crippen molar-refractivity contribution in [1.29, 1.82) is 0 Å². The van der Waals surface area contributed by atoms with E-state index < -0.39 is 6.10 Å². The third-order valence-electron chi connectivity index (χ3n) is 1.89. The van der Waals surface area contributed by atoms with Gasteiger partial charge >= 0.3 is 0 Å². The van der Waals surface area contributed by atoms with Gasteiger partial charge in [-0.15, -0.1) is 0 Å². The number of hydrogen-bond acceptors (Lipinski definition) is 4. The highest BCUT2D eigenvalue weighted by atomic mass is 16.5. The summed E-state index contributed by atoms with van der Waals surface area (Å²) in [6, 6.07) is 1.61. The lowest BCUT2D eigenvalue weighted by Crippen LogP contribution is -2.30. The van der Waals surface area contributed by atoms with Gasteiger partial charge in [-0.2, -0.15) is 0 Å². The van der Waals surface area contributed by atoms with Gasteiger partial charge < -0.3 is 14.9 Å². The fourth-order valence-electron chi connectivity index (χ4n) is 0.999. The molecule has 15 heavy (non-hydrogen) atoms. The van der Waals surface area contributed by atoms with Crippen molar-refractivity contribution in [3.8, 4) is 0 Å². The van der Waals surface area contributed by atoms with E-state index >= 15 is 0 Å². The first-order chi connectivity index (χ1) is 7.00. The van der Waals surface area contributed by atoms with Crippen molar-refractivity contribution in [1.82, 2.24) is 10.5 Å². The minimum absolute atomic E-state index is 0.204. The van der Waals surface area contributed by atoms with E-state index in [2.05, 4.69) is 10.5 Å². The molecule has 0 radical (unpaired) electrons. The van der Waals surface area contributed by atoms with E-state index in [9.17, 15) is 4.79 Å². The molecule has 0 aliphatic carbocycles. The van der Waals surface area contributed by atoms with Crippen LogP contribution in [0.2, 0.25) is 0 Å². The third-order valence-corrected chi connectivity index (χ3v) is 1.89. The zero-order valence-corrected chi connectivity index (χ0v) is 9.15. The van der Waals surface area contributed by atoms with Crippen LogP contribution in [-0.4, -0.2) is 28.8 Å². The Balaban J connectivity index is 2.58. The number of carbonyl (C=O) groups is 1. The lowest BCUT2D eigenvalue weighted by Gasteiger charge is -2.03. The maximum atomic E-state index is 11.4. The maximum absolute atomic E-state index is 11.4. The van der Waals surface area contributed by atoms with Crippen LogP contribution in [-0.2, 0) is 0 Å². The molecule has 0 fully saturated rings. The number of carbonyl (C=O) groups excluding carboxylic acids is 1. The van der Waals surface area contributed by atoms with E-state index in [1.807, 2.05) is 13.8 Å². The first-order valence-corrected chi connectivity index (χ1v) is 4.93. The highest BCUT2D eigenvalue weighted by molar-refractivity contribution is 5.92. The monoisotopic (exact) mass is 212 g/mol. The van der Waals surface area contributed by atoms with Gasteiger partial charge in [0.1, 0.15) is 5.76 Å². The second kappa shape index (κ2) is 4.93. The van der Waals surface area contributed by atoms with Crippen molar-refractivity contribution >= 4 is 5.91 Å². The van der Waals surface area contributed by atoms with Crippen molar-refractivity contribution in [2.75, 3.05) is 6.54 Å². The predicted octanol–water partition coefficient (Wildman–Crippen LogP) is 0.909. The molecule has 1 aromatic rings. The summed E-state index contributed by atoms with van der Waals surface area (Å²) in [6.07, 6.45) is -0.564. The lowest BCUT2D eigenvalue weighted by atomic mass is 10.1. The number of rotatable bonds is 4. The topological polar surface area (TPSA) is 75.4 Å². The van der Waals surface area contributed by atoms with Crippen LogP contribution in [0.4, 0.5) is 0 Å². The SMILES string of the molecule is CC(O)CNC(=O)c1cc(C(C)C)on1. The fraction of sp³-hybridized carbons (Fsp3) is 0.600. The summed E-state index contributed by atoms with van der Waals surface area (Å²) in [6.45, 7) is 5.72. The van der Waals surface area contributed by atoms with Crippen molar-refractivity contribution in [3.05, 3.63) is 17.5 Å². The third kappa shape index (κ3) is 3.36. The van der Waals surface area contributed by atoms with Crippen LogP contribution in [0.5, 0.6) is 0 Å². The Morgan fingerprint density at radius 3 is 2.73 bits per heavy atom. The zero-order chi connectivity index (χ0) is 11.4. The molecule has 1 aromatic heterocycles. The zero-order valence-electron chi connectivity index (χ0n) is 9.15. The van der Waals surface area contributed by atoms with Gasteiger partial charge in [-0.05, 0) is 6.92 Å². The number of nitrogens with one attached hydrogen (secondary N) is 1. The molecule has 1 amide bonds. The Morgan fingerprint density at radius 2 is 2.27 bits per heavy atom. The van der Waals surface area contributed by atoms with Crippen molar-refractivity contribution in [2.45, 2.75) is 32.8 Å². The van der Waals surface area contributed by atoms with E-state index in [1.54, 1.807) is 13.0 Å². The predicted molar refractivity (Wildman–Crippen MR) is 54.6 cm³/mol. The van der Waals surface area contributed by atoms with E-state index in [-0.39, 0.29) is 24.1 Å². The summed E-state index contributed by atoms with van der Waals surface area (Å²) in [4.78, 5) is 11.4. The first kappa shape index (κ1) is 11.7. The van der Waals surface area contributed by atoms with Crippen molar-refractivity contribution < 1.29 is 14.4 Å². The van der Waals surface area contributed by atoms with Crippen LogP contribution in [0.25, 0.3) is 0 Å². The normalized spacial score (nSPS) is 12.9. The van der Waals surface area contributed by atoms with Crippen LogP contribution in [0.15, 0.2) is 10.6 Å². The second-order valence-corrected chi connectivity index (χ2v) is 3.83. The van der Waals surface area contributed by atoms with Gasteiger partial charge in [-0.1, -0.05) is 19.0 Å². The standard InChI is InChI=1S/C10H16N2O3/c1-6(2)9-4-8(12-15-9)10(14)11-5-7(3)13/h4,6-7,13H,5H2,1-3H3,(H,11,14). The first-order valence-electron chi connectivity index (χ1n) is 4.93. The molecule has 0 aliphatic rings. The molecular formula is C10H16N2O3. The van der Waals surface area contributed by atoms with Crippen LogP contribution >= 0.6 is 0 Å². The highest BCUT2D eigenvalue weighted by Crippen LogP contribution is 2.14. The summed E-state index contributed by atoms with van der Waals surface area (Å²) in [5, 5.41) is 15.2. The molecule has 0 aliphatic heterocycles. The molecule has 0 spiro atoms. The summed E-state index contributed by atoms with van der Waals surface area (Å²) in [5.41, 5.74) is 0.249. The van der Waals surface area contributed by atoms with Crippen LogP contribution < -0.4 is 5.32 Å². The Morgan fingerprint density at radius 1 is 1.60 bits per heavy atom. The van der Waals surface area contributed by atoms with Crippen molar-refractivity contribution in [3.63, 3.8) is 0 Å². The Labute approximate surface area is 88.5 Å². The Kier molecular flexibility index (Phi) is 3.85. The van der Waals surface area contributed by atoms with E-state index in [0.29, 0.717) is 5.76 Å². The Hall–Kier alpha value is -1.36. The summed E-state index contributed by atoms with van der Waals surface area (Å²) >= 11 is 0. The molecule has 2 N–H and O–H groups in total. The molecule has 84 valence electrons. The van der Waals surface area contributed by atoms with Gasteiger partial charge in [0.15, 0.2) is 5.69 Å². The van der Waals surface area contributed by atoms with E-state index in [1.165, 1.54) is 0 Å². The van der Waals surface area contributed by atoms with Gasteiger partial charge in [0.25, 0.3) is 5.91 Å². The number of hydrogen-bond donors (Lipinski definition) is 2.